The highest BCUT2D eigenvalue weighted by molar-refractivity contribution is 7.09. The molecule has 0 spiro atoms. The lowest BCUT2D eigenvalue weighted by atomic mass is 10.2. The molecule has 0 N–H and O–H groups in total. The lowest BCUT2D eigenvalue weighted by Crippen LogP contribution is -2.36. The maximum Gasteiger partial charge on any atom is 0.325 e. The number of aromatic nitrogens is 2. The van der Waals surface area contributed by atoms with Crippen molar-refractivity contribution in [1.82, 2.24) is 9.36 Å². The summed E-state index contributed by atoms with van der Waals surface area (Å²) in [6, 6.07) is 0.183. The van der Waals surface area contributed by atoms with Crippen LogP contribution in [0.25, 0.3) is 0 Å². The summed E-state index contributed by atoms with van der Waals surface area (Å²) in [6.45, 7) is 10.6. The standard InChI is InChI=1S/C12H21N3O2S/c1-6-17-10(16)7-15(9(4)5)12-13-11(8(2)3)14-18-12/h8-9H,6-7H2,1-5H3. The van der Waals surface area contributed by atoms with Gasteiger partial charge in [-0.05, 0) is 20.8 Å². The molecule has 0 aliphatic heterocycles. The fraction of sp³-hybridized carbons (Fsp3) is 0.750. The molecule has 1 rings (SSSR count). The number of hydrogen-bond donors (Lipinski definition) is 0. The number of anilines is 1. The monoisotopic (exact) mass is 271 g/mol. The molecule has 18 heavy (non-hydrogen) atoms. The zero-order chi connectivity index (χ0) is 13.7. The van der Waals surface area contributed by atoms with Crippen molar-refractivity contribution in [3.63, 3.8) is 0 Å². The van der Waals surface area contributed by atoms with Gasteiger partial charge in [-0.2, -0.15) is 4.37 Å². The number of nitrogens with zero attached hydrogens (tertiary/aromatic N) is 3. The smallest absolute Gasteiger partial charge is 0.325 e. The summed E-state index contributed by atoms with van der Waals surface area (Å²) >= 11 is 1.33. The fourth-order valence-electron chi connectivity index (χ4n) is 1.39. The van der Waals surface area contributed by atoms with Crippen LogP contribution in [0.15, 0.2) is 0 Å². The molecule has 0 saturated heterocycles. The first-order chi connectivity index (χ1) is 8.45. The van der Waals surface area contributed by atoms with Crippen LogP contribution >= 0.6 is 11.5 Å². The second-order valence-corrected chi connectivity index (χ2v) is 5.35. The van der Waals surface area contributed by atoms with E-state index in [0.29, 0.717) is 12.5 Å². The van der Waals surface area contributed by atoms with Gasteiger partial charge in [-0.1, -0.05) is 13.8 Å². The summed E-state index contributed by atoms with van der Waals surface area (Å²) in [4.78, 5) is 18.0. The molecule has 0 aromatic carbocycles. The minimum absolute atomic E-state index is 0.183. The summed E-state index contributed by atoms with van der Waals surface area (Å²) in [7, 11) is 0. The quantitative estimate of drug-likeness (QED) is 0.744. The van der Waals surface area contributed by atoms with Crippen molar-refractivity contribution in [2.75, 3.05) is 18.1 Å². The second kappa shape index (κ2) is 6.68. The predicted molar refractivity (Wildman–Crippen MR) is 73.1 cm³/mol. The number of esters is 1. The molecular weight excluding hydrogens is 250 g/mol. The van der Waals surface area contributed by atoms with Gasteiger partial charge in [0, 0.05) is 23.5 Å². The molecule has 0 bridgehead atoms. The third-order valence-corrected chi connectivity index (χ3v) is 3.19. The van der Waals surface area contributed by atoms with Crippen LogP contribution in [-0.4, -0.2) is 34.5 Å². The first-order valence-corrected chi connectivity index (χ1v) is 6.98. The van der Waals surface area contributed by atoms with Crippen LogP contribution < -0.4 is 4.90 Å². The maximum absolute atomic E-state index is 11.6. The summed E-state index contributed by atoms with van der Waals surface area (Å²) in [5.74, 6) is 0.892. The van der Waals surface area contributed by atoms with E-state index in [0.717, 1.165) is 11.0 Å². The normalized spacial score (nSPS) is 11.1. The average Bonchev–Trinajstić information content (AvgIpc) is 2.75. The largest absolute Gasteiger partial charge is 0.465 e. The average molecular weight is 271 g/mol. The van der Waals surface area contributed by atoms with Crippen molar-refractivity contribution in [2.45, 2.75) is 46.6 Å². The Bertz CT molecular complexity index is 390. The molecule has 0 atom stereocenters. The SMILES string of the molecule is CCOC(=O)CN(c1nc(C(C)C)ns1)C(C)C. The molecule has 102 valence electrons. The van der Waals surface area contributed by atoms with Crippen LogP contribution in [0.4, 0.5) is 5.13 Å². The summed E-state index contributed by atoms with van der Waals surface area (Å²) in [5, 5.41) is 0.779. The Hall–Kier alpha value is -1.17. The molecular formula is C12H21N3O2S. The van der Waals surface area contributed by atoms with Crippen molar-refractivity contribution in [3.05, 3.63) is 5.82 Å². The van der Waals surface area contributed by atoms with Crippen LogP contribution in [0.2, 0.25) is 0 Å². The zero-order valence-corrected chi connectivity index (χ0v) is 12.5. The van der Waals surface area contributed by atoms with Gasteiger partial charge in [0.25, 0.3) is 0 Å². The van der Waals surface area contributed by atoms with Gasteiger partial charge in [0.15, 0.2) is 0 Å². The zero-order valence-electron chi connectivity index (χ0n) is 11.6. The highest BCUT2D eigenvalue weighted by Crippen LogP contribution is 2.22. The Morgan fingerprint density at radius 2 is 2.06 bits per heavy atom. The van der Waals surface area contributed by atoms with Gasteiger partial charge in [-0.15, -0.1) is 0 Å². The van der Waals surface area contributed by atoms with Gasteiger partial charge >= 0.3 is 5.97 Å². The van der Waals surface area contributed by atoms with E-state index in [1.165, 1.54) is 11.5 Å². The minimum Gasteiger partial charge on any atom is -0.465 e. The van der Waals surface area contributed by atoms with E-state index in [4.69, 9.17) is 4.74 Å². The molecule has 0 amide bonds. The van der Waals surface area contributed by atoms with Gasteiger partial charge in [-0.3, -0.25) is 4.79 Å². The molecule has 5 nitrogen and oxygen atoms in total. The van der Waals surface area contributed by atoms with Crippen molar-refractivity contribution >= 4 is 22.6 Å². The van der Waals surface area contributed by atoms with Gasteiger partial charge in [0.2, 0.25) is 5.13 Å². The third kappa shape index (κ3) is 3.94. The van der Waals surface area contributed by atoms with Gasteiger partial charge < -0.3 is 9.64 Å². The van der Waals surface area contributed by atoms with E-state index in [1.807, 2.05) is 18.7 Å². The van der Waals surface area contributed by atoms with Crippen LogP contribution in [0.5, 0.6) is 0 Å². The van der Waals surface area contributed by atoms with Crippen molar-refractivity contribution in [2.24, 2.45) is 0 Å². The number of carbonyl (C=O) groups excluding carboxylic acids is 1. The van der Waals surface area contributed by atoms with Crippen LogP contribution in [0.3, 0.4) is 0 Å². The fourth-order valence-corrected chi connectivity index (χ4v) is 2.34. The minimum atomic E-state index is -0.229. The predicted octanol–water partition coefficient (Wildman–Crippen LogP) is 2.44. The van der Waals surface area contributed by atoms with Crippen LogP contribution in [-0.2, 0) is 9.53 Å². The molecule has 0 fully saturated rings. The maximum atomic E-state index is 11.6. The topological polar surface area (TPSA) is 55.3 Å². The van der Waals surface area contributed by atoms with E-state index < -0.39 is 0 Å². The van der Waals surface area contributed by atoms with Crippen molar-refractivity contribution in [3.8, 4) is 0 Å². The Balaban J connectivity index is 2.80. The number of rotatable bonds is 6. The van der Waals surface area contributed by atoms with E-state index >= 15 is 0 Å². The Morgan fingerprint density at radius 1 is 1.39 bits per heavy atom. The molecule has 0 saturated carbocycles. The summed E-state index contributed by atoms with van der Waals surface area (Å²) < 4.78 is 9.28. The lowest BCUT2D eigenvalue weighted by molar-refractivity contribution is -0.141. The number of carbonyl (C=O) groups is 1. The first-order valence-electron chi connectivity index (χ1n) is 6.21. The number of ether oxygens (including phenoxy) is 1. The summed E-state index contributed by atoms with van der Waals surface area (Å²) in [5.41, 5.74) is 0. The second-order valence-electron chi connectivity index (χ2n) is 4.62. The molecule has 1 aromatic heterocycles. The Labute approximate surface area is 112 Å². The number of hydrogen-bond acceptors (Lipinski definition) is 6. The van der Waals surface area contributed by atoms with E-state index in [1.54, 1.807) is 6.92 Å². The molecule has 6 heteroatoms. The van der Waals surface area contributed by atoms with Gasteiger partial charge in [0.1, 0.15) is 12.4 Å². The van der Waals surface area contributed by atoms with Crippen molar-refractivity contribution in [1.29, 1.82) is 0 Å². The molecule has 1 aromatic rings. The van der Waals surface area contributed by atoms with Crippen molar-refractivity contribution < 1.29 is 9.53 Å². The van der Waals surface area contributed by atoms with Crippen LogP contribution in [0, 0.1) is 0 Å². The van der Waals surface area contributed by atoms with E-state index in [9.17, 15) is 4.79 Å². The Kier molecular flexibility index (Phi) is 5.53. The highest BCUT2D eigenvalue weighted by Gasteiger charge is 2.20. The molecule has 0 radical (unpaired) electrons. The first kappa shape index (κ1) is 14.9. The highest BCUT2D eigenvalue weighted by atomic mass is 32.1. The molecule has 0 aliphatic rings. The van der Waals surface area contributed by atoms with Crippen LogP contribution in [0.1, 0.15) is 46.4 Å². The van der Waals surface area contributed by atoms with E-state index in [2.05, 4.69) is 23.2 Å². The Morgan fingerprint density at radius 3 is 2.50 bits per heavy atom. The lowest BCUT2D eigenvalue weighted by Gasteiger charge is -2.24. The van der Waals surface area contributed by atoms with E-state index in [-0.39, 0.29) is 18.6 Å². The molecule has 0 unspecified atom stereocenters. The van der Waals surface area contributed by atoms with Gasteiger partial charge in [0.05, 0.1) is 6.61 Å². The molecule has 1 heterocycles. The van der Waals surface area contributed by atoms with Gasteiger partial charge in [-0.25, -0.2) is 4.98 Å². The third-order valence-electron chi connectivity index (χ3n) is 2.42. The molecule has 0 aliphatic carbocycles. The summed E-state index contributed by atoms with van der Waals surface area (Å²) in [6.07, 6.45) is 0.